The van der Waals surface area contributed by atoms with Crippen molar-refractivity contribution in [3.63, 3.8) is 0 Å². The fourth-order valence-corrected chi connectivity index (χ4v) is 3.07. The van der Waals surface area contributed by atoms with Crippen molar-refractivity contribution >= 4 is 11.6 Å². The molecule has 1 heterocycles. The van der Waals surface area contributed by atoms with E-state index in [-0.39, 0.29) is 12.2 Å². The average molecular weight is 480 g/mol. The van der Waals surface area contributed by atoms with E-state index >= 15 is 0 Å². The zero-order valence-corrected chi connectivity index (χ0v) is 18.0. The lowest BCUT2D eigenvalue weighted by atomic mass is 10.1. The van der Waals surface area contributed by atoms with Crippen LogP contribution >= 0.6 is 0 Å². The predicted octanol–water partition coefficient (Wildman–Crippen LogP) is 1.49. The Hall–Kier alpha value is -3.32. The van der Waals surface area contributed by atoms with Crippen LogP contribution < -0.4 is 5.32 Å². The normalized spacial score (nSPS) is 14.9. The molecule has 2 unspecified atom stereocenters. The molecule has 0 saturated heterocycles. The Balaban J connectivity index is 1.79. The van der Waals surface area contributed by atoms with Crippen molar-refractivity contribution < 1.29 is 38.0 Å². The Morgan fingerprint density at radius 3 is 2.56 bits per heavy atom. The largest absolute Gasteiger partial charge is 0.394 e. The third kappa shape index (κ3) is 6.38. The summed E-state index contributed by atoms with van der Waals surface area (Å²) in [4.78, 5) is 12.8. The number of ether oxygens (including phenoxy) is 1. The highest BCUT2D eigenvalue weighted by molar-refractivity contribution is 5.94. The number of nitrogens with one attached hydrogen (secondary N) is 1. The number of rotatable bonds is 10. The Labute approximate surface area is 192 Å². The van der Waals surface area contributed by atoms with E-state index in [4.69, 9.17) is 4.74 Å². The first-order valence-electron chi connectivity index (χ1n) is 10.2. The Bertz CT molecular complexity index is 1130. The third-order valence-electron chi connectivity index (χ3n) is 4.87. The van der Waals surface area contributed by atoms with Crippen LogP contribution in [0.25, 0.3) is 11.3 Å². The van der Waals surface area contributed by atoms with Gasteiger partial charge >= 0.3 is 0 Å². The second-order valence-corrected chi connectivity index (χ2v) is 7.54. The minimum absolute atomic E-state index is 0.101. The van der Waals surface area contributed by atoms with Crippen molar-refractivity contribution in [1.29, 1.82) is 0 Å². The quantitative estimate of drug-likeness (QED) is 0.346. The van der Waals surface area contributed by atoms with Gasteiger partial charge < -0.3 is 25.4 Å². The minimum atomic E-state index is -1.65. The molecule has 9 nitrogen and oxygen atoms in total. The van der Waals surface area contributed by atoms with E-state index in [0.29, 0.717) is 11.3 Å². The maximum Gasteiger partial charge on any atom is 0.256 e. The molecule has 1 amide bonds. The zero-order valence-electron chi connectivity index (χ0n) is 18.0. The number of hydrogen-bond acceptors (Lipinski definition) is 7. The number of halogens is 3. The number of nitrogens with zero attached hydrogens (tertiary/aromatic N) is 3. The van der Waals surface area contributed by atoms with Crippen LogP contribution in [0.15, 0.2) is 48.7 Å². The van der Waals surface area contributed by atoms with Gasteiger partial charge in [-0.1, -0.05) is 17.3 Å². The molecule has 1 aromatic heterocycles. The molecule has 2 aromatic carbocycles. The van der Waals surface area contributed by atoms with Gasteiger partial charge in [-0.3, -0.25) is 4.79 Å². The van der Waals surface area contributed by atoms with Crippen LogP contribution in [0.2, 0.25) is 0 Å². The first-order valence-corrected chi connectivity index (χ1v) is 10.2. The van der Waals surface area contributed by atoms with Crippen LogP contribution in [0.1, 0.15) is 6.92 Å². The average Bonchev–Trinajstić information content (AvgIpc) is 3.25. The number of aliphatic hydroxyl groups excluding tert-OH is 3. The van der Waals surface area contributed by atoms with E-state index in [1.54, 1.807) is 6.07 Å². The van der Waals surface area contributed by atoms with Crippen LogP contribution in [0, 0.1) is 17.5 Å². The molecule has 0 radical (unpaired) electrons. The summed E-state index contributed by atoms with van der Waals surface area (Å²) in [6, 6.07) is 8.30. The van der Waals surface area contributed by atoms with Gasteiger partial charge in [0.05, 0.1) is 25.5 Å². The summed E-state index contributed by atoms with van der Waals surface area (Å²) in [5, 5.41) is 40.0. The summed E-state index contributed by atoms with van der Waals surface area (Å²) in [5.74, 6) is -3.72. The first-order chi connectivity index (χ1) is 16.2. The molecule has 4 N–H and O–H groups in total. The highest BCUT2D eigenvalue weighted by Crippen LogP contribution is 2.19. The van der Waals surface area contributed by atoms with E-state index in [1.807, 2.05) is 0 Å². The van der Waals surface area contributed by atoms with Gasteiger partial charge in [0.1, 0.15) is 23.7 Å². The summed E-state index contributed by atoms with van der Waals surface area (Å²) in [6.45, 7) is 0.350. The molecule has 182 valence electrons. The van der Waals surface area contributed by atoms with E-state index < -0.39 is 54.4 Å². The van der Waals surface area contributed by atoms with E-state index in [2.05, 4.69) is 15.6 Å². The number of aliphatic hydroxyl groups is 3. The van der Waals surface area contributed by atoms with Crippen molar-refractivity contribution in [1.82, 2.24) is 15.0 Å². The Morgan fingerprint density at radius 2 is 1.91 bits per heavy atom. The SMILES string of the molecule is C[C@@H](O)C(CO)OC(C(=O)Nc1ccc(F)c(F)c1)[C@@H](O)Cn1cc(-c2cccc(F)c2)nn1. The van der Waals surface area contributed by atoms with E-state index in [9.17, 15) is 33.3 Å². The highest BCUT2D eigenvalue weighted by Gasteiger charge is 2.33. The van der Waals surface area contributed by atoms with Crippen LogP contribution in [-0.4, -0.2) is 67.2 Å². The summed E-state index contributed by atoms with van der Waals surface area (Å²) >= 11 is 0. The van der Waals surface area contributed by atoms with Gasteiger partial charge in [-0.25, -0.2) is 17.9 Å². The standard InChI is InChI=1S/C22H23F3N4O5/c1-12(31)20(11-30)34-21(22(33)26-15-5-6-16(24)17(25)8-15)19(32)10-29-9-18(27-28-29)13-3-2-4-14(23)7-13/h2-9,12,19-21,30-32H,10-11H2,1H3,(H,26,33)/t12-,19+,20?,21?/m1/s1. The van der Waals surface area contributed by atoms with E-state index in [0.717, 1.165) is 18.2 Å². The van der Waals surface area contributed by atoms with Gasteiger partial charge in [0, 0.05) is 17.3 Å². The van der Waals surface area contributed by atoms with Crippen LogP contribution in [-0.2, 0) is 16.1 Å². The number of hydrogen-bond donors (Lipinski definition) is 4. The number of carbonyl (C=O) groups is 1. The maximum atomic E-state index is 13.5. The summed E-state index contributed by atoms with van der Waals surface area (Å²) in [5.41, 5.74) is 0.656. The molecule has 0 fully saturated rings. The Morgan fingerprint density at radius 1 is 1.15 bits per heavy atom. The fourth-order valence-electron chi connectivity index (χ4n) is 3.07. The summed E-state index contributed by atoms with van der Waals surface area (Å²) < 4.78 is 46.8. The van der Waals surface area contributed by atoms with Gasteiger partial charge in [0.15, 0.2) is 17.7 Å². The second-order valence-electron chi connectivity index (χ2n) is 7.54. The lowest BCUT2D eigenvalue weighted by Gasteiger charge is -2.28. The molecular weight excluding hydrogens is 457 g/mol. The monoisotopic (exact) mass is 480 g/mol. The highest BCUT2D eigenvalue weighted by atomic mass is 19.2. The van der Waals surface area contributed by atoms with Crippen LogP contribution in [0.3, 0.4) is 0 Å². The smallest absolute Gasteiger partial charge is 0.256 e. The lowest BCUT2D eigenvalue weighted by Crippen LogP contribution is -2.47. The molecule has 12 heteroatoms. The molecule has 0 spiro atoms. The van der Waals surface area contributed by atoms with Gasteiger partial charge in [-0.15, -0.1) is 5.10 Å². The predicted molar refractivity (Wildman–Crippen MR) is 114 cm³/mol. The molecule has 0 aliphatic carbocycles. The Kier molecular flexibility index (Phi) is 8.34. The van der Waals surface area contributed by atoms with Crippen LogP contribution in [0.4, 0.5) is 18.9 Å². The number of amides is 1. The lowest BCUT2D eigenvalue weighted by molar-refractivity contribution is -0.155. The molecular formula is C22H23F3N4O5. The second kappa shape index (κ2) is 11.2. The maximum absolute atomic E-state index is 13.5. The van der Waals surface area contributed by atoms with Crippen molar-refractivity contribution in [2.45, 2.75) is 37.9 Å². The van der Waals surface area contributed by atoms with Gasteiger partial charge in [0.2, 0.25) is 0 Å². The molecule has 0 bridgehead atoms. The van der Waals surface area contributed by atoms with Gasteiger partial charge in [-0.2, -0.15) is 0 Å². The molecule has 3 aromatic rings. The summed E-state index contributed by atoms with van der Waals surface area (Å²) in [7, 11) is 0. The van der Waals surface area contributed by atoms with Crippen molar-refractivity contribution in [3.05, 3.63) is 66.1 Å². The van der Waals surface area contributed by atoms with Gasteiger partial charge in [0.25, 0.3) is 5.91 Å². The van der Waals surface area contributed by atoms with Crippen molar-refractivity contribution in [2.75, 3.05) is 11.9 Å². The van der Waals surface area contributed by atoms with Crippen molar-refractivity contribution in [2.24, 2.45) is 0 Å². The molecule has 3 rings (SSSR count). The molecule has 0 aliphatic heterocycles. The van der Waals surface area contributed by atoms with Gasteiger partial charge in [-0.05, 0) is 31.2 Å². The molecule has 34 heavy (non-hydrogen) atoms. The topological polar surface area (TPSA) is 130 Å². The number of anilines is 1. The first kappa shape index (κ1) is 25.3. The number of carbonyl (C=O) groups excluding carboxylic acids is 1. The van der Waals surface area contributed by atoms with Crippen LogP contribution in [0.5, 0.6) is 0 Å². The minimum Gasteiger partial charge on any atom is -0.394 e. The molecule has 0 aliphatic rings. The number of benzene rings is 2. The number of aromatic nitrogens is 3. The molecule has 0 saturated carbocycles. The zero-order chi connectivity index (χ0) is 24.8. The molecule has 4 atom stereocenters. The van der Waals surface area contributed by atoms with E-state index in [1.165, 1.54) is 36.0 Å². The fraction of sp³-hybridized carbons (Fsp3) is 0.318. The summed E-state index contributed by atoms with van der Waals surface area (Å²) in [6.07, 6.45) is -4.22. The third-order valence-corrected chi connectivity index (χ3v) is 4.87. The van der Waals surface area contributed by atoms with Crippen molar-refractivity contribution in [3.8, 4) is 11.3 Å².